The SMILES string of the molecule is NC1=CC=CC(C=Cc2ccccc2)(Cc2ccc(Cl)cc2)C1N. The Kier molecular flexibility index (Phi) is 4.89. The summed E-state index contributed by atoms with van der Waals surface area (Å²) < 4.78 is 0. The number of hydrogen-bond acceptors (Lipinski definition) is 2. The van der Waals surface area contributed by atoms with Crippen LogP contribution < -0.4 is 11.5 Å². The van der Waals surface area contributed by atoms with Gasteiger partial charge in [-0.2, -0.15) is 0 Å². The van der Waals surface area contributed by atoms with Crippen LogP contribution in [-0.2, 0) is 6.42 Å². The van der Waals surface area contributed by atoms with Gasteiger partial charge in [0, 0.05) is 16.1 Å². The van der Waals surface area contributed by atoms with E-state index >= 15 is 0 Å². The molecule has 3 heteroatoms. The second-order valence-corrected chi connectivity index (χ2v) is 6.60. The molecule has 3 rings (SSSR count). The molecule has 1 aliphatic carbocycles. The molecule has 24 heavy (non-hydrogen) atoms. The summed E-state index contributed by atoms with van der Waals surface area (Å²) in [7, 11) is 0. The van der Waals surface area contributed by atoms with Gasteiger partial charge in [-0.3, -0.25) is 0 Å². The highest BCUT2D eigenvalue weighted by Crippen LogP contribution is 2.35. The van der Waals surface area contributed by atoms with Crippen molar-refractivity contribution in [3.8, 4) is 0 Å². The average Bonchev–Trinajstić information content (AvgIpc) is 2.61. The quantitative estimate of drug-likeness (QED) is 0.873. The molecule has 1 aliphatic rings. The van der Waals surface area contributed by atoms with E-state index < -0.39 is 0 Å². The van der Waals surface area contributed by atoms with Gasteiger partial charge < -0.3 is 11.5 Å². The summed E-state index contributed by atoms with van der Waals surface area (Å²) in [4.78, 5) is 0. The number of halogens is 1. The maximum atomic E-state index is 6.48. The van der Waals surface area contributed by atoms with Crippen molar-refractivity contribution in [3.05, 3.63) is 101 Å². The van der Waals surface area contributed by atoms with Gasteiger partial charge in [-0.05, 0) is 35.8 Å². The lowest BCUT2D eigenvalue weighted by atomic mass is 9.71. The molecule has 2 aromatic carbocycles. The molecule has 2 atom stereocenters. The molecule has 0 radical (unpaired) electrons. The largest absolute Gasteiger partial charge is 0.401 e. The highest BCUT2D eigenvalue weighted by Gasteiger charge is 2.35. The molecular weight excluding hydrogens is 316 g/mol. The van der Waals surface area contributed by atoms with E-state index in [1.165, 1.54) is 5.56 Å². The maximum Gasteiger partial charge on any atom is 0.0573 e. The summed E-state index contributed by atoms with van der Waals surface area (Å²) in [5.41, 5.74) is 15.3. The van der Waals surface area contributed by atoms with Crippen LogP contribution in [0.4, 0.5) is 0 Å². The van der Waals surface area contributed by atoms with Gasteiger partial charge in [0.25, 0.3) is 0 Å². The Morgan fingerprint density at radius 3 is 2.46 bits per heavy atom. The van der Waals surface area contributed by atoms with E-state index in [4.69, 9.17) is 23.1 Å². The van der Waals surface area contributed by atoms with Gasteiger partial charge in [0.2, 0.25) is 0 Å². The third kappa shape index (κ3) is 3.61. The number of nitrogens with two attached hydrogens (primary N) is 2. The van der Waals surface area contributed by atoms with Crippen molar-refractivity contribution in [2.75, 3.05) is 0 Å². The summed E-state index contributed by atoms with van der Waals surface area (Å²) in [6.07, 6.45) is 11.0. The first kappa shape index (κ1) is 16.6. The van der Waals surface area contributed by atoms with E-state index in [0.717, 1.165) is 17.0 Å². The van der Waals surface area contributed by atoms with Gasteiger partial charge in [0.1, 0.15) is 0 Å². The lowest BCUT2D eigenvalue weighted by molar-refractivity contribution is 0.414. The van der Waals surface area contributed by atoms with Crippen molar-refractivity contribution >= 4 is 17.7 Å². The second kappa shape index (κ2) is 7.08. The van der Waals surface area contributed by atoms with Gasteiger partial charge in [-0.25, -0.2) is 0 Å². The van der Waals surface area contributed by atoms with Crippen molar-refractivity contribution in [3.63, 3.8) is 0 Å². The van der Waals surface area contributed by atoms with E-state index in [-0.39, 0.29) is 11.5 Å². The Morgan fingerprint density at radius 2 is 1.75 bits per heavy atom. The monoisotopic (exact) mass is 336 g/mol. The summed E-state index contributed by atoms with van der Waals surface area (Å²) in [6.45, 7) is 0. The van der Waals surface area contributed by atoms with Gasteiger partial charge in [-0.15, -0.1) is 0 Å². The van der Waals surface area contributed by atoms with Crippen molar-refractivity contribution < 1.29 is 0 Å². The Morgan fingerprint density at radius 1 is 1.04 bits per heavy atom. The minimum Gasteiger partial charge on any atom is -0.401 e. The van der Waals surface area contributed by atoms with Crippen LogP contribution in [-0.4, -0.2) is 6.04 Å². The predicted molar refractivity (Wildman–Crippen MR) is 102 cm³/mol. The molecule has 0 saturated heterocycles. The standard InChI is InChI=1S/C21H21ClN2/c22-18-10-8-17(9-11-18)15-21(13-4-7-19(23)20(21)24)14-12-16-5-2-1-3-6-16/h1-14,20H,15,23-24H2. The van der Waals surface area contributed by atoms with Crippen LogP contribution in [0.25, 0.3) is 6.08 Å². The molecule has 4 N–H and O–H groups in total. The molecule has 0 amide bonds. The van der Waals surface area contributed by atoms with Crippen molar-refractivity contribution in [2.24, 2.45) is 16.9 Å². The van der Waals surface area contributed by atoms with E-state index in [1.807, 2.05) is 54.6 Å². The van der Waals surface area contributed by atoms with E-state index in [0.29, 0.717) is 5.70 Å². The molecule has 0 bridgehead atoms. The Bertz CT molecular complexity index is 775. The second-order valence-electron chi connectivity index (χ2n) is 6.16. The molecule has 0 heterocycles. The zero-order valence-electron chi connectivity index (χ0n) is 13.4. The van der Waals surface area contributed by atoms with Crippen LogP contribution >= 0.6 is 11.6 Å². The first-order chi connectivity index (χ1) is 11.6. The molecule has 0 aliphatic heterocycles. The van der Waals surface area contributed by atoms with Crippen molar-refractivity contribution in [2.45, 2.75) is 12.5 Å². The fraction of sp³-hybridized carbons (Fsp3) is 0.143. The number of allylic oxidation sites excluding steroid dienone is 2. The fourth-order valence-electron chi connectivity index (χ4n) is 3.01. The van der Waals surface area contributed by atoms with Gasteiger partial charge in [-0.1, -0.05) is 78.4 Å². The molecule has 2 aromatic rings. The summed E-state index contributed by atoms with van der Waals surface area (Å²) >= 11 is 6.00. The first-order valence-electron chi connectivity index (χ1n) is 7.98. The smallest absolute Gasteiger partial charge is 0.0573 e. The van der Waals surface area contributed by atoms with Crippen molar-refractivity contribution in [1.29, 1.82) is 0 Å². The lowest BCUT2D eigenvalue weighted by Crippen LogP contribution is -2.45. The lowest BCUT2D eigenvalue weighted by Gasteiger charge is -2.36. The Hall–Kier alpha value is -2.29. The van der Waals surface area contributed by atoms with Crippen molar-refractivity contribution in [1.82, 2.24) is 0 Å². The summed E-state index contributed by atoms with van der Waals surface area (Å²) in [5, 5.41) is 0.732. The van der Waals surface area contributed by atoms with E-state index in [2.05, 4.69) is 30.4 Å². The molecule has 0 aromatic heterocycles. The fourth-order valence-corrected chi connectivity index (χ4v) is 3.14. The van der Waals surface area contributed by atoms with Crippen LogP contribution in [0.1, 0.15) is 11.1 Å². The molecule has 2 nitrogen and oxygen atoms in total. The molecule has 0 saturated carbocycles. The Labute approximate surface area is 148 Å². The van der Waals surface area contributed by atoms with Gasteiger partial charge >= 0.3 is 0 Å². The molecular formula is C21H21ClN2. The minimum absolute atomic E-state index is 0.266. The van der Waals surface area contributed by atoms with Crippen LogP contribution in [0, 0.1) is 5.41 Å². The van der Waals surface area contributed by atoms with Gasteiger partial charge in [0.05, 0.1) is 6.04 Å². The zero-order valence-corrected chi connectivity index (χ0v) is 14.2. The maximum absolute atomic E-state index is 6.48. The highest BCUT2D eigenvalue weighted by molar-refractivity contribution is 6.30. The average molecular weight is 337 g/mol. The summed E-state index contributed by atoms with van der Waals surface area (Å²) in [5.74, 6) is 0. The third-order valence-corrected chi connectivity index (χ3v) is 4.69. The van der Waals surface area contributed by atoms with Crippen LogP contribution in [0.5, 0.6) is 0 Å². The molecule has 2 unspecified atom stereocenters. The zero-order chi connectivity index (χ0) is 17.0. The topological polar surface area (TPSA) is 52.0 Å². The number of hydrogen-bond donors (Lipinski definition) is 2. The normalized spacial score (nSPS) is 23.4. The highest BCUT2D eigenvalue weighted by atomic mass is 35.5. The number of rotatable bonds is 4. The van der Waals surface area contributed by atoms with Crippen LogP contribution in [0.2, 0.25) is 5.02 Å². The Balaban J connectivity index is 1.95. The van der Waals surface area contributed by atoms with Gasteiger partial charge in [0.15, 0.2) is 0 Å². The molecule has 122 valence electrons. The van der Waals surface area contributed by atoms with E-state index in [9.17, 15) is 0 Å². The molecule has 0 spiro atoms. The molecule has 0 fully saturated rings. The number of benzene rings is 2. The van der Waals surface area contributed by atoms with E-state index in [1.54, 1.807) is 0 Å². The third-order valence-electron chi connectivity index (χ3n) is 4.44. The predicted octanol–water partition coefficient (Wildman–Crippen LogP) is 4.32. The first-order valence-corrected chi connectivity index (χ1v) is 8.36. The minimum atomic E-state index is -0.359. The summed E-state index contributed by atoms with van der Waals surface area (Å²) in [6, 6.07) is 17.8. The van der Waals surface area contributed by atoms with Crippen LogP contribution in [0.3, 0.4) is 0 Å². The van der Waals surface area contributed by atoms with Crippen LogP contribution in [0.15, 0.2) is 84.6 Å².